The normalized spacial score (nSPS) is 22.1. The van der Waals surface area contributed by atoms with Gasteiger partial charge in [0.25, 0.3) is 0 Å². The molecule has 114 valence electrons. The van der Waals surface area contributed by atoms with E-state index in [4.69, 9.17) is 0 Å². The molecule has 1 aromatic heterocycles. The summed E-state index contributed by atoms with van der Waals surface area (Å²) in [5, 5.41) is 9.71. The van der Waals surface area contributed by atoms with Gasteiger partial charge in [0.05, 0.1) is 12.1 Å². The molecule has 2 amide bonds. The number of hydrogen-bond acceptors (Lipinski definition) is 3. The fourth-order valence-electron chi connectivity index (χ4n) is 2.89. The van der Waals surface area contributed by atoms with Crippen molar-refractivity contribution in [2.24, 2.45) is 11.8 Å². The largest absolute Gasteiger partial charge is 0.342 e. The van der Waals surface area contributed by atoms with Gasteiger partial charge in [0.1, 0.15) is 5.82 Å². The summed E-state index contributed by atoms with van der Waals surface area (Å²) in [6.45, 7) is 3.37. The predicted molar refractivity (Wildman–Crippen MR) is 78.6 cm³/mol. The van der Waals surface area contributed by atoms with E-state index in [0.29, 0.717) is 12.4 Å². The number of aryl methyl sites for hydroxylation is 1. The molecule has 1 saturated carbocycles. The van der Waals surface area contributed by atoms with Crippen LogP contribution < -0.4 is 5.32 Å². The van der Waals surface area contributed by atoms with Crippen LogP contribution in [0.2, 0.25) is 0 Å². The minimum Gasteiger partial charge on any atom is -0.342 e. The van der Waals surface area contributed by atoms with Crippen molar-refractivity contribution in [3.05, 3.63) is 11.8 Å². The number of likely N-dealkylation sites (tertiary alicyclic amines) is 1. The molecule has 21 heavy (non-hydrogen) atoms. The standard InChI is InChI=1S/C15H22N4O2/c1-2-10-8-16-18-13(10)17-14(20)12-4-3-7-19(9-12)15(21)11-5-6-11/h8,11-12H,2-7,9H2,1H3,(H2,16,17,18,20). The summed E-state index contributed by atoms with van der Waals surface area (Å²) in [6.07, 6.45) is 6.33. The maximum Gasteiger partial charge on any atom is 0.230 e. The fraction of sp³-hybridized carbons (Fsp3) is 0.667. The minimum absolute atomic E-state index is 0.0118. The molecule has 0 radical (unpaired) electrons. The second-order valence-corrected chi connectivity index (χ2v) is 6.01. The van der Waals surface area contributed by atoms with Crippen LogP contribution >= 0.6 is 0 Å². The smallest absolute Gasteiger partial charge is 0.230 e. The van der Waals surface area contributed by atoms with E-state index in [0.717, 1.165) is 44.2 Å². The number of nitrogens with zero attached hydrogens (tertiary/aromatic N) is 2. The molecular weight excluding hydrogens is 268 g/mol. The Morgan fingerprint density at radius 2 is 2.19 bits per heavy atom. The Balaban J connectivity index is 1.60. The number of aromatic nitrogens is 2. The van der Waals surface area contributed by atoms with E-state index < -0.39 is 0 Å². The van der Waals surface area contributed by atoms with Crippen LogP contribution in [0.4, 0.5) is 5.82 Å². The maximum absolute atomic E-state index is 12.4. The first-order valence-corrected chi connectivity index (χ1v) is 7.81. The number of piperidine rings is 1. The quantitative estimate of drug-likeness (QED) is 0.883. The van der Waals surface area contributed by atoms with Gasteiger partial charge in [-0.05, 0) is 32.1 Å². The molecule has 2 aliphatic rings. The number of H-pyrrole nitrogens is 1. The predicted octanol–water partition coefficient (Wildman–Crippen LogP) is 1.56. The Labute approximate surface area is 124 Å². The lowest BCUT2D eigenvalue weighted by Crippen LogP contribution is -2.44. The Kier molecular flexibility index (Phi) is 3.94. The summed E-state index contributed by atoms with van der Waals surface area (Å²) in [5.74, 6) is 1.03. The van der Waals surface area contributed by atoms with Crippen LogP contribution in [-0.4, -0.2) is 40.0 Å². The van der Waals surface area contributed by atoms with Gasteiger partial charge >= 0.3 is 0 Å². The Hall–Kier alpha value is -1.85. The minimum atomic E-state index is -0.116. The molecule has 1 aliphatic heterocycles. The summed E-state index contributed by atoms with van der Waals surface area (Å²) in [7, 11) is 0. The first-order chi connectivity index (χ1) is 10.2. The van der Waals surface area contributed by atoms with Gasteiger partial charge in [-0.1, -0.05) is 6.92 Å². The van der Waals surface area contributed by atoms with Crippen LogP contribution in [-0.2, 0) is 16.0 Å². The summed E-state index contributed by atoms with van der Waals surface area (Å²) in [5.41, 5.74) is 1.00. The van der Waals surface area contributed by atoms with Crippen LogP contribution in [0.25, 0.3) is 0 Å². The van der Waals surface area contributed by atoms with Crippen molar-refractivity contribution in [3.63, 3.8) is 0 Å². The van der Waals surface area contributed by atoms with Crippen LogP contribution in [0.3, 0.4) is 0 Å². The molecule has 2 heterocycles. The zero-order valence-electron chi connectivity index (χ0n) is 12.4. The fourth-order valence-corrected chi connectivity index (χ4v) is 2.89. The van der Waals surface area contributed by atoms with Gasteiger partial charge in [0.15, 0.2) is 0 Å². The van der Waals surface area contributed by atoms with Gasteiger partial charge in [-0.15, -0.1) is 0 Å². The lowest BCUT2D eigenvalue weighted by molar-refractivity contribution is -0.135. The van der Waals surface area contributed by atoms with Crippen molar-refractivity contribution in [2.45, 2.75) is 39.0 Å². The molecule has 6 nitrogen and oxygen atoms in total. The number of hydrogen-bond donors (Lipinski definition) is 2. The zero-order valence-corrected chi connectivity index (χ0v) is 12.4. The highest BCUT2D eigenvalue weighted by molar-refractivity contribution is 5.93. The van der Waals surface area contributed by atoms with Crippen molar-refractivity contribution >= 4 is 17.6 Å². The average Bonchev–Trinajstić information content (AvgIpc) is 3.27. The van der Waals surface area contributed by atoms with E-state index >= 15 is 0 Å². The topological polar surface area (TPSA) is 78.1 Å². The molecule has 6 heteroatoms. The van der Waals surface area contributed by atoms with Crippen molar-refractivity contribution in [1.82, 2.24) is 15.1 Å². The van der Waals surface area contributed by atoms with Crippen LogP contribution in [0.5, 0.6) is 0 Å². The molecule has 1 aromatic rings. The van der Waals surface area contributed by atoms with Gasteiger partial charge in [0.2, 0.25) is 11.8 Å². The Morgan fingerprint density at radius 3 is 2.90 bits per heavy atom. The molecule has 1 unspecified atom stereocenters. The monoisotopic (exact) mass is 290 g/mol. The van der Waals surface area contributed by atoms with Crippen molar-refractivity contribution in [1.29, 1.82) is 0 Å². The highest BCUT2D eigenvalue weighted by Gasteiger charge is 2.36. The van der Waals surface area contributed by atoms with Crippen molar-refractivity contribution in [2.75, 3.05) is 18.4 Å². The molecule has 1 aliphatic carbocycles. The molecule has 3 rings (SSSR count). The number of aromatic amines is 1. The number of rotatable bonds is 4. The average molecular weight is 290 g/mol. The molecular formula is C15H22N4O2. The van der Waals surface area contributed by atoms with Gasteiger partial charge in [-0.25, -0.2) is 0 Å². The van der Waals surface area contributed by atoms with Crippen molar-refractivity contribution < 1.29 is 9.59 Å². The molecule has 0 aromatic carbocycles. The second kappa shape index (κ2) is 5.87. The van der Waals surface area contributed by atoms with E-state index in [2.05, 4.69) is 15.5 Å². The van der Waals surface area contributed by atoms with E-state index in [1.807, 2.05) is 11.8 Å². The number of carbonyl (C=O) groups is 2. The van der Waals surface area contributed by atoms with Crippen LogP contribution in [0.1, 0.15) is 38.2 Å². The number of amides is 2. The number of carbonyl (C=O) groups excluding carboxylic acids is 2. The van der Waals surface area contributed by atoms with Gasteiger partial charge in [-0.2, -0.15) is 5.10 Å². The third kappa shape index (κ3) is 3.09. The Bertz CT molecular complexity index is 536. The van der Waals surface area contributed by atoms with Crippen molar-refractivity contribution in [3.8, 4) is 0 Å². The molecule has 2 fully saturated rings. The molecule has 0 bridgehead atoms. The van der Waals surface area contributed by atoms with E-state index in [-0.39, 0.29) is 23.7 Å². The lowest BCUT2D eigenvalue weighted by Gasteiger charge is -2.32. The maximum atomic E-state index is 12.4. The van der Waals surface area contributed by atoms with Gasteiger partial charge in [-0.3, -0.25) is 14.7 Å². The highest BCUT2D eigenvalue weighted by Crippen LogP contribution is 2.32. The third-order valence-electron chi connectivity index (χ3n) is 4.38. The molecule has 0 spiro atoms. The van der Waals surface area contributed by atoms with E-state index in [1.54, 1.807) is 6.20 Å². The number of anilines is 1. The first-order valence-electron chi connectivity index (χ1n) is 7.81. The second-order valence-electron chi connectivity index (χ2n) is 6.01. The van der Waals surface area contributed by atoms with E-state index in [1.165, 1.54) is 0 Å². The summed E-state index contributed by atoms with van der Waals surface area (Å²) < 4.78 is 0. The van der Waals surface area contributed by atoms with Gasteiger partial charge < -0.3 is 10.2 Å². The molecule has 2 N–H and O–H groups in total. The summed E-state index contributed by atoms with van der Waals surface area (Å²) in [6, 6.07) is 0. The molecule has 1 atom stereocenters. The zero-order chi connectivity index (χ0) is 14.8. The summed E-state index contributed by atoms with van der Waals surface area (Å²) >= 11 is 0. The lowest BCUT2D eigenvalue weighted by atomic mass is 9.96. The summed E-state index contributed by atoms with van der Waals surface area (Å²) in [4.78, 5) is 26.4. The Morgan fingerprint density at radius 1 is 1.38 bits per heavy atom. The highest BCUT2D eigenvalue weighted by atomic mass is 16.2. The van der Waals surface area contributed by atoms with Gasteiger partial charge in [0, 0.05) is 24.6 Å². The molecule has 1 saturated heterocycles. The SMILES string of the molecule is CCc1cn[nH]c1NC(=O)C1CCCN(C(=O)C2CC2)C1. The third-order valence-corrected chi connectivity index (χ3v) is 4.38. The van der Waals surface area contributed by atoms with Crippen LogP contribution in [0.15, 0.2) is 6.20 Å². The van der Waals surface area contributed by atoms with E-state index in [9.17, 15) is 9.59 Å². The first kappa shape index (κ1) is 14.1. The number of nitrogens with one attached hydrogen (secondary N) is 2. The van der Waals surface area contributed by atoms with Crippen LogP contribution in [0, 0.1) is 11.8 Å².